The van der Waals surface area contributed by atoms with Crippen LogP contribution in [0.5, 0.6) is 0 Å². The molecule has 0 spiro atoms. The number of rotatable bonds is 15. The van der Waals surface area contributed by atoms with E-state index in [1.54, 1.807) is 0 Å². The number of ether oxygens (including phenoxy) is 3. The van der Waals surface area contributed by atoms with E-state index < -0.39 is 15.9 Å². The van der Waals surface area contributed by atoms with Crippen LogP contribution in [-0.4, -0.2) is 58.4 Å². The van der Waals surface area contributed by atoms with E-state index in [4.69, 9.17) is 14.2 Å². The first-order chi connectivity index (χ1) is 9.99. The Bertz CT molecular complexity index is 323. The fourth-order valence-electron chi connectivity index (χ4n) is 1.75. The number of hydrogen-bond donors (Lipinski definition) is 0. The summed E-state index contributed by atoms with van der Waals surface area (Å²) in [5, 5.41) is 0. The van der Waals surface area contributed by atoms with Crippen LogP contribution in [-0.2, 0) is 24.3 Å². The largest absolute Gasteiger partial charge is 1.00 e. The fraction of sp³-hybridized carbons (Fsp3) is 1.00. The predicted octanol–water partition coefficient (Wildman–Crippen LogP) is -1.20. The van der Waals surface area contributed by atoms with Gasteiger partial charge in [0.05, 0.1) is 48.9 Å². The average Bonchev–Trinajstić information content (AvgIpc) is 2.43. The summed E-state index contributed by atoms with van der Waals surface area (Å²) in [6, 6.07) is 0. The van der Waals surface area contributed by atoms with Gasteiger partial charge in [-0.15, -0.1) is 0 Å². The predicted molar refractivity (Wildman–Crippen MR) is 80.3 cm³/mol. The van der Waals surface area contributed by atoms with Gasteiger partial charge < -0.3 is 18.8 Å². The van der Waals surface area contributed by atoms with Gasteiger partial charge in [-0.05, 0) is 12.3 Å². The Kier molecular flexibility index (Phi) is 18.9. The topological polar surface area (TPSA) is 84.9 Å². The van der Waals surface area contributed by atoms with Gasteiger partial charge in [-0.25, -0.2) is 8.42 Å². The molecule has 1 atom stereocenters. The summed E-state index contributed by atoms with van der Waals surface area (Å²) >= 11 is 0. The Hall–Kier alpha value is 0.790. The van der Waals surface area contributed by atoms with Crippen LogP contribution in [0.1, 0.15) is 39.5 Å². The molecule has 0 saturated carbocycles. The normalized spacial score (nSPS) is 12.9. The molecule has 0 aromatic carbocycles. The molecule has 22 heavy (non-hydrogen) atoms. The van der Waals surface area contributed by atoms with Gasteiger partial charge in [0.2, 0.25) is 0 Å². The van der Waals surface area contributed by atoms with Crippen molar-refractivity contribution in [3.05, 3.63) is 0 Å². The van der Waals surface area contributed by atoms with Crippen molar-refractivity contribution in [1.29, 1.82) is 0 Å². The second-order valence-electron chi connectivity index (χ2n) is 4.98. The van der Waals surface area contributed by atoms with Gasteiger partial charge in [-0.3, -0.25) is 0 Å². The fourth-order valence-corrected chi connectivity index (χ4v) is 2.07. The molecule has 0 aromatic rings. The Morgan fingerprint density at radius 3 is 2.00 bits per heavy atom. The maximum atomic E-state index is 10.3. The van der Waals surface area contributed by atoms with E-state index in [-0.39, 0.29) is 42.8 Å². The molecule has 0 saturated heterocycles. The van der Waals surface area contributed by atoms with E-state index in [2.05, 4.69) is 13.8 Å². The zero-order chi connectivity index (χ0) is 16.0. The molecule has 8 heteroatoms. The molecule has 0 radical (unpaired) electrons. The molecule has 0 bridgehead atoms. The van der Waals surface area contributed by atoms with E-state index >= 15 is 0 Å². The summed E-state index contributed by atoms with van der Waals surface area (Å²) in [5.41, 5.74) is 0. The SMILES string of the molecule is CCCCC(CC)COCCOCCOCCS(=O)(=O)[O-].[Na+]. The molecule has 0 rings (SSSR count). The van der Waals surface area contributed by atoms with Crippen LogP contribution in [0, 0.1) is 5.92 Å². The van der Waals surface area contributed by atoms with Crippen molar-refractivity contribution in [3.8, 4) is 0 Å². The molecule has 0 fully saturated rings. The summed E-state index contributed by atoms with van der Waals surface area (Å²) in [6.07, 6.45) is 4.81. The minimum atomic E-state index is -4.18. The van der Waals surface area contributed by atoms with Gasteiger partial charge in [-0.2, -0.15) is 0 Å². The molecule has 0 aromatic heterocycles. The van der Waals surface area contributed by atoms with E-state index in [0.717, 1.165) is 13.0 Å². The molecule has 0 aliphatic heterocycles. The first kappa shape index (κ1) is 25.0. The van der Waals surface area contributed by atoms with Crippen molar-refractivity contribution in [2.45, 2.75) is 39.5 Å². The van der Waals surface area contributed by atoms with Crippen molar-refractivity contribution in [3.63, 3.8) is 0 Å². The van der Waals surface area contributed by atoms with E-state index in [9.17, 15) is 13.0 Å². The van der Waals surface area contributed by atoms with Crippen LogP contribution in [0.4, 0.5) is 0 Å². The van der Waals surface area contributed by atoms with Crippen LogP contribution < -0.4 is 29.6 Å². The van der Waals surface area contributed by atoms with Gasteiger partial charge in [-0.1, -0.05) is 33.1 Å². The molecule has 6 nitrogen and oxygen atoms in total. The smallest absolute Gasteiger partial charge is 0.748 e. The molecule has 128 valence electrons. The Labute approximate surface area is 157 Å². The Morgan fingerprint density at radius 2 is 1.50 bits per heavy atom. The first-order valence-corrected chi connectivity index (χ1v) is 9.24. The monoisotopic (exact) mass is 348 g/mol. The Morgan fingerprint density at radius 1 is 0.955 bits per heavy atom. The van der Waals surface area contributed by atoms with E-state index in [1.165, 1.54) is 19.3 Å². The summed E-state index contributed by atoms with van der Waals surface area (Å²) in [5.74, 6) is 0.133. The van der Waals surface area contributed by atoms with Gasteiger partial charge in [0.25, 0.3) is 0 Å². The van der Waals surface area contributed by atoms with E-state index in [1.807, 2.05) is 0 Å². The van der Waals surface area contributed by atoms with Gasteiger partial charge >= 0.3 is 29.6 Å². The number of hydrogen-bond acceptors (Lipinski definition) is 6. The molecular formula is C14H29NaO6S. The second kappa shape index (κ2) is 16.6. The molecular weight excluding hydrogens is 319 g/mol. The van der Waals surface area contributed by atoms with Gasteiger partial charge in [0.15, 0.2) is 0 Å². The van der Waals surface area contributed by atoms with Crippen molar-refractivity contribution < 1.29 is 56.7 Å². The van der Waals surface area contributed by atoms with Crippen molar-refractivity contribution in [2.24, 2.45) is 5.92 Å². The summed E-state index contributed by atoms with van der Waals surface area (Å²) in [7, 11) is -4.18. The summed E-state index contributed by atoms with van der Waals surface area (Å²) in [6.45, 7) is 6.76. The molecule has 1 unspecified atom stereocenters. The number of unbranched alkanes of at least 4 members (excludes halogenated alkanes) is 1. The van der Waals surface area contributed by atoms with Crippen LogP contribution in [0.25, 0.3) is 0 Å². The van der Waals surface area contributed by atoms with Crippen molar-refractivity contribution in [2.75, 3.05) is 45.4 Å². The first-order valence-electron chi connectivity index (χ1n) is 7.66. The molecule has 0 N–H and O–H groups in total. The third kappa shape index (κ3) is 18.8. The maximum absolute atomic E-state index is 10.3. The average molecular weight is 348 g/mol. The zero-order valence-electron chi connectivity index (χ0n) is 14.2. The minimum absolute atomic E-state index is 0. The molecule has 0 heterocycles. The molecule has 0 amide bonds. The van der Waals surface area contributed by atoms with Crippen molar-refractivity contribution in [1.82, 2.24) is 0 Å². The minimum Gasteiger partial charge on any atom is -0.748 e. The maximum Gasteiger partial charge on any atom is 1.00 e. The zero-order valence-corrected chi connectivity index (χ0v) is 17.0. The third-order valence-corrected chi connectivity index (χ3v) is 3.79. The van der Waals surface area contributed by atoms with E-state index in [0.29, 0.717) is 25.7 Å². The second-order valence-corrected chi connectivity index (χ2v) is 6.50. The molecule has 0 aliphatic rings. The van der Waals surface area contributed by atoms with Crippen LogP contribution in [0.15, 0.2) is 0 Å². The third-order valence-electron chi connectivity index (χ3n) is 3.12. The molecule has 0 aliphatic carbocycles. The van der Waals surface area contributed by atoms with Crippen LogP contribution >= 0.6 is 0 Å². The quantitative estimate of drug-likeness (QED) is 0.210. The van der Waals surface area contributed by atoms with Gasteiger partial charge in [0.1, 0.15) is 0 Å². The van der Waals surface area contributed by atoms with Crippen LogP contribution in [0.3, 0.4) is 0 Å². The Balaban J connectivity index is 0. The van der Waals surface area contributed by atoms with Crippen LogP contribution in [0.2, 0.25) is 0 Å². The standard InChI is InChI=1S/C14H30O6S.Na/c1-3-5-6-14(4-2)13-20-10-9-18-7-8-19-11-12-21(15,16)17;/h14H,3-13H2,1-2H3,(H,15,16,17);/q;+1/p-1. The van der Waals surface area contributed by atoms with Crippen molar-refractivity contribution >= 4 is 10.1 Å². The summed E-state index contributed by atoms with van der Waals surface area (Å²) in [4.78, 5) is 0. The summed E-state index contributed by atoms with van der Waals surface area (Å²) < 4.78 is 46.7. The van der Waals surface area contributed by atoms with Gasteiger partial charge in [0, 0.05) is 6.61 Å².